The number of nitrogens with one attached hydrogen (secondary N) is 2. The number of benzene rings is 2. The molecular weight excluding hydrogens is 410 g/mol. The molecule has 0 unspecified atom stereocenters. The van der Waals surface area contributed by atoms with Crippen LogP contribution in [0.3, 0.4) is 0 Å². The zero-order valence-corrected chi connectivity index (χ0v) is 18.7. The largest absolute Gasteiger partial charge is 0.376 e. The lowest BCUT2D eigenvalue weighted by atomic mass is 10.1. The number of carbonyl (C=O) groups is 1. The molecule has 1 saturated heterocycles. The van der Waals surface area contributed by atoms with Crippen molar-refractivity contribution in [3.8, 4) is 0 Å². The van der Waals surface area contributed by atoms with Crippen molar-refractivity contribution in [2.45, 2.75) is 55.1 Å². The maximum absolute atomic E-state index is 12.8. The molecule has 2 fully saturated rings. The fourth-order valence-electron chi connectivity index (χ4n) is 4.47. The second kappa shape index (κ2) is 9.73. The van der Waals surface area contributed by atoms with Crippen molar-refractivity contribution in [1.29, 1.82) is 0 Å². The molecule has 2 aromatic carbocycles. The van der Waals surface area contributed by atoms with E-state index in [1.165, 1.54) is 24.9 Å². The molecule has 1 aliphatic carbocycles. The minimum Gasteiger partial charge on any atom is -0.376 e. The molecule has 0 aromatic heterocycles. The van der Waals surface area contributed by atoms with E-state index in [4.69, 9.17) is 0 Å². The first-order valence-electron chi connectivity index (χ1n) is 11.2. The summed E-state index contributed by atoms with van der Waals surface area (Å²) in [5, 5.41) is 5.66. The number of piperidine rings is 1. The molecule has 31 heavy (non-hydrogen) atoms. The molecule has 166 valence electrons. The van der Waals surface area contributed by atoms with Gasteiger partial charge >= 0.3 is 0 Å². The summed E-state index contributed by atoms with van der Waals surface area (Å²) < 4.78 is 25.6. The number of anilines is 3. The maximum atomic E-state index is 12.8. The number of amides is 1. The minimum absolute atomic E-state index is 0.0702. The van der Waals surface area contributed by atoms with E-state index in [0.29, 0.717) is 10.6 Å². The lowest BCUT2D eigenvalue weighted by Gasteiger charge is -2.28. The number of hydrogen-bond donors (Lipinski definition) is 2. The second-order valence-electron chi connectivity index (χ2n) is 8.48. The Morgan fingerprint density at radius 3 is 2.32 bits per heavy atom. The third kappa shape index (κ3) is 5.39. The van der Waals surface area contributed by atoms with Crippen LogP contribution in [0.15, 0.2) is 53.4 Å². The first-order chi connectivity index (χ1) is 15.0. The molecule has 7 heteroatoms. The lowest BCUT2D eigenvalue weighted by molar-refractivity contribution is -0.114. The van der Waals surface area contributed by atoms with Crippen molar-refractivity contribution in [2.24, 2.45) is 0 Å². The Balaban J connectivity index is 1.31. The molecule has 0 radical (unpaired) electrons. The highest BCUT2D eigenvalue weighted by Gasteiger charge is 2.30. The highest BCUT2D eigenvalue weighted by molar-refractivity contribution is 7.92. The van der Waals surface area contributed by atoms with Crippen LogP contribution in [0.5, 0.6) is 0 Å². The molecule has 1 saturated carbocycles. The first kappa shape index (κ1) is 21.7. The van der Waals surface area contributed by atoms with Crippen LogP contribution in [0.4, 0.5) is 17.1 Å². The number of hydrogen-bond acceptors (Lipinski definition) is 5. The Morgan fingerprint density at radius 1 is 0.903 bits per heavy atom. The summed E-state index contributed by atoms with van der Waals surface area (Å²) >= 11 is 0. The predicted molar refractivity (Wildman–Crippen MR) is 126 cm³/mol. The quantitative estimate of drug-likeness (QED) is 0.664. The van der Waals surface area contributed by atoms with Crippen molar-refractivity contribution in [3.05, 3.63) is 48.5 Å². The first-order valence-corrected chi connectivity index (χ1v) is 12.8. The summed E-state index contributed by atoms with van der Waals surface area (Å²) in [6.45, 7) is 2.25. The third-order valence-corrected chi connectivity index (χ3v) is 8.49. The molecule has 2 N–H and O–H groups in total. The van der Waals surface area contributed by atoms with Crippen molar-refractivity contribution in [1.82, 2.24) is 0 Å². The van der Waals surface area contributed by atoms with Gasteiger partial charge in [-0.3, -0.25) is 4.79 Å². The second-order valence-corrected chi connectivity index (χ2v) is 10.7. The van der Waals surface area contributed by atoms with E-state index < -0.39 is 9.84 Å². The Bertz CT molecular complexity index is 993. The van der Waals surface area contributed by atoms with Crippen LogP contribution in [0.2, 0.25) is 0 Å². The molecular formula is C24H31N3O3S. The van der Waals surface area contributed by atoms with Crippen molar-refractivity contribution < 1.29 is 13.2 Å². The van der Waals surface area contributed by atoms with E-state index in [0.717, 1.165) is 44.5 Å². The predicted octanol–water partition coefficient (Wildman–Crippen LogP) is 4.44. The molecule has 2 aromatic rings. The van der Waals surface area contributed by atoms with Gasteiger partial charge in [0.25, 0.3) is 0 Å². The summed E-state index contributed by atoms with van der Waals surface area (Å²) in [6.07, 6.45) is 7.17. The van der Waals surface area contributed by atoms with Gasteiger partial charge in [-0.15, -0.1) is 0 Å². The summed E-state index contributed by atoms with van der Waals surface area (Å²) in [5.74, 6) is -0.172. The average Bonchev–Trinajstić information content (AvgIpc) is 3.35. The van der Waals surface area contributed by atoms with Crippen molar-refractivity contribution in [2.75, 3.05) is 35.2 Å². The van der Waals surface area contributed by atoms with E-state index in [2.05, 4.69) is 15.5 Å². The number of rotatable bonds is 7. The third-order valence-electron chi connectivity index (χ3n) is 6.23. The fourth-order valence-corrected chi connectivity index (χ4v) is 6.37. The van der Waals surface area contributed by atoms with Crippen molar-refractivity contribution in [3.63, 3.8) is 0 Å². The van der Waals surface area contributed by atoms with Gasteiger partial charge < -0.3 is 15.5 Å². The summed E-state index contributed by atoms with van der Waals surface area (Å²) in [6, 6.07) is 14.7. The molecule has 6 nitrogen and oxygen atoms in total. The van der Waals surface area contributed by atoms with Crippen LogP contribution in [-0.4, -0.2) is 39.2 Å². The zero-order chi connectivity index (χ0) is 21.7. The molecule has 0 bridgehead atoms. The SMILES string of the molecule is O=C(CNc1cccc(S(=O)(=O)C2CCCC2)c1)Nc1ccc(N2CCCCC2)cc1. The van der Waals surface area contributed by atoms with Gasteiger partial charge in [0.15, 0.2) is 9.84 Å². The van der Waals surface area contributed by atoms with Crippen LogP contribution in [0, 0.1) is 0 Å². The molecule has 1 aliphatic heterocycles. The highest BCUT2D eigenvalue weighted by atomic mass is 32.2. The van der Waals surface area contributed by atoms with E-state index in [1.807, 2.05) is 24.3 Å². The van der Waals surface area contributed by atoms with Gasteiger partial charge in [0.05, 0.1) is 16.7 Å². The van der Waals surface area contributed by atoms with E-state index in [1.54, 1.807) is 24.3 Å². The standard InChI is InChI=1S/C24H31N3O3S/c28-24(26-19-11-13-21(14-12-19)27-15-4-1-5-16-27)18-25-20-7-6-10-23(17-20)31(29,30)22-8-2-3-9-22/h6-7,10-14,17,22,25H,1-5,8-9,15-16,18H2,(H,26,28). The Morgan fingerprint density at radius 2 is 1.61 bits per heavy atom. The molecule has 0 atom stereocenters. The Hall–Kier alpha value is -2.54. The summed E-state index contributed by atoms with van der Waals surface area (Å²) in [4.78, 5) is 15.1. The van der Waals surface area contributed by atoms with Gasteiger partial charge in [0.2, 0.25) is 5.91 Å². The van der Waals surface area contributed by atoms with Crippen LogP contribution in [0.1, 0.15) is 44.9 Å². The van der Waals surface area contributed by atoms with Gasteiger partial charge in [-0.2, -0.15) is 0 Å². The number of nitrogens with zero attached hydrogens (tertiary/aromatic N) is 1. The maximum Gasteiger partial charge on any atom is 0.243 e. The molecule has 1 amide bonds. The summed E-state index contributed by atoms with van der Waals surface area (Å²) in [7, 11) is -3.31. The molecule has 2 aliphatic rings. The van der Waals surface area contributed by atoms with Crippen molar-refractivity contribution >= 4 is 32.8 Å². The minimum atomic E-state index is -3.31. The van der Waals surface area contributed by atoms with Crippen LogP contribution >= 0.6 is 0 Å². The van der Waals surface area contributed by atoms with Gasteiger partial charge in [-0.1, -0.05) is 18.9 Å². The smallest absolute Gasteiger partial charge is 0.243 e. The van der Waals surface area contributed by atoms with Gasteiger partial charge in [0.1, 0.15) is 0 Å². The van der Waals surface area contributed by atoms with Gasteiger partial charge in [-0.05, 0) is 74.6 Å². The Kier molecular flexibility index (Phi) is 6.80. The Labute approximate surface area is 185 Å². The van der Waals surface area contributed by atoms with E-state index in [-0.39, 0.29) is 17.7 Å². The molecule has 0 spiro atoms. The van der Waals surface area contributed by atoms with Gasteiger partial charge in [-0.25, -0.2) is 8.42 Å². The van der Waals surface area contributed by atoms with E-state index in [9.17, 15) is 13.2 Å². The van der Waals surface area contributed by atoms with Gasteiger partial charge in [0, 0.05) is 30.2 Å². The number of carbonyl (C=O) groups excluding carboxylic acids is 1. The summed E-state index contributed by atoms with van der Waals surface area (Å²) in [5.41, 5.74) is 2.58. The fraction of sp³-hybridized carbons (Fsp3) is 0.458. The van der Waals surface area contributed by atoms with Crippen LogP contribution in [-0.2, 0) is 14.6 Å². The van der Waals surface area contributed by atoms with Crippen LogP contribution in [0.25, 0.3) is 0 Å². The lowest BCUT2D eigenvalue weighted by Crippen LogP contribution is -2.29. The molecule has 1 heterocycles. The monoisotopic (exact) mass is 441 g/mol. The van der Waals surface area contributed by atoms with E-state index >= 15 is 0 Å². The van der Waals surface area contributed by atoms with Crippen LogP contribution < -0.4 is 15.5 Å². The normalized spacial score (nSPS) is 17.5. The topological polar surface area (TPSA) is 78.5 Å². The average molecular weight is 442 g/mol. The molecule has 4 rings (SSSR count). The number of sulfone groups is 1. The highest BCUT2D eigenvalue weighted by Crippen LogP contribution is 2.30. The zero-order valence-electron chi connectivity index (χ0n) is 17.8.